The van der Waals surface area contributed by atoms with Crippen molar-refractivity contribution in [2.75, 3.05) is 32.9 Å². The van der Waals surface area contributed by atoms with E-state index in [1.807, 2.05) is 37.3 Å². The molecule has 0 saturated heterocycles. The van der Waals surface area contributed by atoms with Crippen LogP contribution in [0.2, 0.25) is 0 Å². The topological polar surface area (TPSA) is 79.9 Å². The van der Waals surface area contributed by atoms with Crippen LogP contribution in [0.5, 0.6) is 0 Å². The van der Waals surface area contributed by atoms with Gasteiger partial charge in [0.25, 0.3) is 0 Å². The smallest absolute Gasteiger partial charge is 0.188 e. The predicted octanol–water partition coefficient (Wildman–Crippen LogP) is 1.71. The lowest BCUT2D eigenvalue weighted by Gasteiger charge is -2.12. The summed E-state index contributed by atoms with van der Waals surface area (Å²) in [5, 5.41) is 12.5. The molecule has 0 aliphatic carbocycles. The van der Waals surface area contributed by atoms with Gasteiger partial charge in [-0.3, -0.25) is 4.99 Å². The number of halogens is 1. The number of nitrogens with two attached hydrogens (primary N) is 1. The van der Waals surface area contributed by atoms with Gasteiger partial charge in [-0.1, -0.05) is 30.3 Å². The second-order valence-electron chi connectivity index (χ2n) is 4.49. The number of benzene rings is 1. The van der Waals surface area contributed by atoms with Crippen LogP contribution in [-0.2, 0) is 4.74 Å². The van der Waals surface area contributed by atoms with E-state index in [0.717, 1.165) is 31.7 Å². The molecule has 0 aromatic heterocycles. The van der Waals surface area contributed by atoms with Crippen molar-refractivity contribution in [2.45, 2.75) is 19.3 Å². The molecular weight excluding hydrogens is 381 g/mol. The first-order chi connectivity index (χ1) is 9.77. The first-order valence-corrected chi connectivity index (χ1v) is 7.05. The molecule has 6 heteroatoms. The van der Waals surface area contributed by atoms with Crippen LogP contribution in [0.15, 0.2) is 35.3 Å². The molecular formula is C15H26IN3O2. The Morgan fingerprint density at radius 1 is 1.38 bits per heavy atom. The molecule has 4 N–H and O–H groups in total. The molecule has 0 aliphatic heterocycles. The van der Waals surface area contributed by atoms with E-state index >= 15 is 0 Å². The van der Waals surface area contributed by atoms with Crippen molar-refractivity contribution in [1.82, 2.24) is 5.32 Å². The maximum absolute atomic E-state index is 9.42. The highest BCUT2D eigenvalue weighted by atomic mass is 127. The Bertz CT molecular complexity index is 388. The third-order valence-electron chi connectivity index (χ3n) is 2.95. The van der Waals surface area contributed by atoms with Gasteiger partial charge in [0, 0.05) is 25.7 Å². The Hall–Kier alpha value is -0.860. The average molecular weight is 407 g/mol. The Kier molecular flexibility index (Phi) is 12.3. The fraction of sp³-hybridized carbons (Fsp3) is 0.533. The van der Waals surface area contributed by atoms with Gasteiger partial charge in [-0.25, -0.2) is 0 Å². The van der Waals surface area contributed by atoms with Gasteiger partial charge in [0.05, 0.1) is 13.2 Å². The molecule has 1 unspecified atom stereocenters. The zero-order chi connectivity index (χ0) is 14.6. The standard InChI is InChI=1S/C15H25N3O2.HI/c1-2-20-10-6-9-17-15(16)18-11-14(12-19)13-7-4-3-5-8-13;/h3-5,7-8,14,19H,2,6,9-12H2,1H3,(H3,16,17,18);1H. The number of aliphatic imine (C=N–C) groups is 1. The predicted molar refractivity (Wildman–Crippen MR) is 97.3 cm³/mol. The minimum absolute atomic E-state index is 0. The van der Waals surface area contributed by atoms with E-state index in [1.54, 1.807) is 0 Å². The van der Waals surface area contributed by atoms with Crippen LogP contribution < -0.4 is 11.1 Å². The third-order valence-corrected chi connectivity index (χ3v) is 2.95. The summed E-state index contributed by atoms with van der Waals surface area (Å²) in [6, 6.07) is 9.84. The Morgan fingerprint density at radius 2 is 2.10 bits per heavy atom. The molecule has 5 nitrogen and oxygen atoms in total. The van der Waals surface area contributed by atoms with Gasteiger partial charge in [-0.05, 0) is 18.9 Å². The number of rotatable bonds is 9. The van der Waals surface area contributed by atoms with E-state index in [1.165, 1.54) is 0 Å². The number of hydrogen-bond donors (Lipinski definition) is 3. The quantitative estimate of drug-likeness (QED) is 0.252. The van der Waals surface area contributed by atoms with Crippen molar-refractivity contribution in [2.24, 2.45) is 10.7 Å². The van der Waals surface area contributed by atoms with Crippen molar-refractivity contribution in [3.05, 3.63) is 35.9 Å². The molecule has 1 aromatic carbocycles. The molecule has 0 bridgehead atoms. The van der Waals surface area contributed by atoms with Crippen LogP contribution in [0, 0.1) is 0 Å². The van der Waals surface area contributed by atoms with Gasteiger partial charge >= 0.3 is 0 Å². The second-order valence-corrected chi connectivity index (χ2v) is 4.49. The minimum atomic E-state index is -0.0139. The molecule has 0 radical (unpaired) electrons. The van der Waals surface area contributed by atoms with Crippen LogP contribution >= 0.6 is 24.0 Å². The largest absolute Gasteiger partial charge is 0.396 e. The molecule has 1 rings (SSSR count). The lowest BCUT2D eigenvalue weighted by Crippen LogP contribution is -2.33. The first kappa shape index (κ1) is 20.1. The molecule has 1 aromatic rings. The summed E-state index contributed by atoms with van der Waals surface area (Å²) < 4.78 is 5.23. The molecule has 0 amide bonds. The van der Waals surface area contributed by atoms with Crippen molar-refractivity contribution in [3.63, 3.8) is 0 Å². The molecule has 0 saturated carbocycles. The number of aliphatic hydroxyl groups excluding tert-OH is 1. The Balaban J connectivity index is 0.00000400. The number of aliphatic hydroxyl groups is 1. The fourth-order valence-electron chi connectivity index (χ4n) is 1.79. The zero-order valence-electron chi connectivity index (χ0n) is 12.5. The summed E-state index contributed by atoms with van der Waals surface area (Å²) in [5.41, 5.74) is 6.86. The first-order valence-electron chi connectivity index (χ1n) is 7.05. The maximum atomic E-state index is 9.42. The van der Waals surface area contributed by atoms with Gasteiger partial charge in [0.15, 0.2) is 5.96 Å². The van der Waals surface area contributed by atoms with E-state index in [2.05, 4.69) is 10.3 Å². The highest BCUT2D eigenvalue weighted by molar-refractivity contribution is 14.0. The van der Waals surface area contributed by atoms with E-state index in [0.29, 0.717) is 12.5 Å². The SMILES string of the molecule is CCOCCCNC(N)=NCC(CO)c1ccccc1.I. The third kappa shape index (κ3) is 8.90. The van der Waals surface area contributed by atoms with Crippen molar-refractivity contribution >= 4 is 29.9 Å². The monoisotopic (exact) mass is 407 g/mol. The zero-order valence-corrected chi connectivity index (χ0v) is 14.8. The number of guanidine groups is 1. The maximum Gasteiger partial charge on any atom is 0.188 e. The van der Waals surface area contributed by atoms with Crippen molar-refractivity contribution in [3.8, 4) is 0 Å². The Labute approximate surface area is 144 Å². The van der Waals surface area contributed by atoms with Gasteiger partial charge in [-0.15, -0.1) is 24.0 Å². The number of nitrogens with one attached hydrogen (secondary N) is 1. The lowest BCUT2D eigenvalue weighted by atomic mass is 10.0. The Morgan fingerprint density at radius 3 is 2.71 bits per heavy atom. The lowest BCUT2D eigenvalue weighted by molar-refractivity contribution is 0.145. The highest BCUT2D eigenvalue weighted by Gasteiger charge is 2.09. The molecule has 0 spiro atoms. The van der Waals surface area contributed by atoms with Crippen molar-refractivity contribution in [1.29, 1.82) is 0 Å². The highest BCUT2D eigenvalue weighted by Crippen LogP contribution is 2.14. The van der Waals surface area contributed by atoms with E-state index in [-0.39, 0.29) is 36.5 Å². The van der Waals surface area contributed by atoms with Gasteiger partial charge < -0.3 is 20.9 Å². The number of ether oxygens (including phenoxy) is 1. The van der Waals surface area contributed by atoms with Gasteiger partial charge in [-0.2, -0.15) is 0 Å². The van der Waals surface area contributed by atoms with E-state index in [9.17, 15) is 5.11 Å². The summed E-state index contributed by atoms with van der Waals surface area (Å²) in [5.74, 6) is 0.399. The molecule has 0 fully saturated rings. The normalized spacial score (nSPS) is 12.6. The fourth-order valence-corrected chi connectivity index (χ4v) is 1.79. The number of nitrogens with zero attached hydrogens (tertiary/aromatic N) is 1. The minimum Gasteiger partial charge on any atom is -0.396 e. The van der Waals surface area contributed by atoms with Crippen LogP contribution in [0.3, 0.4) is 0 Å². The second kappa shape index (κ2) is 12.8. The summed E-state index contributed by atoms with van der Waals surface area (Å²) in [6.45, 7) is 4.71. The van der Waals surface area contributed by atoms with Crippen LogP contribution in [0.25, 0.3) is 0 Å². The molecule has 120 valence electrons. The van der Waals surface area contributed by atoms with Crippen LogP contribution in [-0.4, -0.2) is 44.0 Å². The summed E-state index contributed by atoms with van der Waals surface area (Å²) in [4.78, 5) is 4.27. The molecule has 0 aliphatic rings. The number of hydrogen-bond acceptors (Lipinski definition) is 3. The van der Waals surface area contributed by atoms with E-state index in [4.69, 9.17) is 10.5 Å². The van der Waals surface area contributed by atoms with E-state index < -0.39 is 0 Å². The van der Waals surface area contributed by atoms with Gasteiger partial charge in [0.2, 0.25) is 0 Å². The summed E-state index contributed by atoms with van der Waals surface area (Å²) in [7, 11) is 0. The molecule has 0 heterocycles. The van der Waals surface area contributed by atoms with Crippen LogP contribution in [0.1, 0.15) is 24.8 Å². The van der Waals surface area contributed by atoms with Crippen molar-refractivity contribution < 1.29 is 9.84 Å². The molecule has 21 heavy (non-hydrogen) atoms. The summed E-state index contributed by atoms with van der Waals surface area (Å²) >= 11 is 0. The van der Waals surface area contributed by atoms with Crippen LogP contribution in [0.4, 0.5) is 0 Å². The van der Waals surface area contributed by atoms with Gasteiger partial charge in [0.1, 0.15) is 0 Å². The molecule has 1 atom stereocenters. The average Bonchev–Trinajstić information content (AvgIpc) is 2.49. The summed E-state index contributed by atoms with van der Waals surface area (Å²) in [6.07, 6.45) is 0.895.